The number of hydrogen-bond donors (Lipinski definition) is 1. The topological polar surface area (TPSA) is 134 Å². The zero-order valence-electron chi connectivity index (χ0n) is 11.3. The smallest absolute Gasteiger partial charge is 0.353 e. The Kier molecular flexibility index (Phi) is 4.41. The molecule has 0 bridgehead atoms. The van der Waals surface area contributed by atoms with E-state index in [1.165, 1.54) is 42.2 Å². The van der Waals surface area contributed by atoms with Crippen molar-refractivity contribution < 1.29 is 14.6 Å². The molecule has 0 amide bonds. The lowest BCUT2D eigenvalue weighted by atomic mass is 10.3. The average molecular weight is 322 g/mol. The molecule has 0 aliphatic rings. The number of nitrogen functional groups attached to an aromatic ring is 1. The van der Waals surface area contributed by atoms with E-state index in [-0.39, 0.29) is 23.0 Å². The lowest BCUT2D eigenvalue weighted by molar-refractivity contribution is -0.387. The summed E-state index contributed by atoms with van der Waals surface area (Å²) < 4.78 is 5.43. The van der Waals surface area contributed by atoms with Gasteiger partial charge in [0.05, 0.1) is 14.7 Å². The summed E-state index contributed by atoms with van der Waals surface area (Å²) in [7, 11) is 0. The van der Waals surface area contributed by atoms with Gasteiger partial charge >= 0.3 is 5.69 Å². The maximum Gasteiger partial charge on any atom is 0.353 e. The summed E-state index contributed by atoms with van der Waals surface area (Å²) in [6.45, 7) is 0. The molecule has 2 rings (SSSR count). The largest absolute Gasteiger partial charge is 0.450 e. The third kappa shape index (κ3) is 3.06. The molecule has 0 aliphatic carbocycles. The highest BCUT2D eigenvalue weighted by atomic mass is 32.2. The zero-order valence-corrected chi connectivity index (χ0v) is 12.1. The van der Waals surface area contributed by atoms with E-state index in [1.54, 1.807) is 6.26 Å². The van der Waals surface area contributed by atoms with Gasteiger partial charge in [-0.3, -0.25) is 20.2 Å². The SMILES string of the molecule is CSc1cc(Oc2ccnc(N)c2[N+](=O)[O-])ccc1[N+](=O)[O-]. The van der Waals surface area contributed by atoms with E-state index in [1.807, 2.05) is 0 Å². The quantitative estimate of drug-likeness (QED) is 0.504. The number of ether oxygens (including phenoxy) is 1. The molecule has 1 heterocycles. The number of hydrogen-bond acceptors (Lipinski definition) is 8. The van der Waals surface area contributed by atoms with Gasteiger partial charge in [0, 0.05) is 24.4 Å². The van der Waals surface area contributed by atoms with Crippen molar-refractivity contribution in [3.8, 4) is 11.5 Å². The van der Waals surface area contributed by atoms with E-state index in [4.69, 9.17) is 10.5 Å². The standard InChI is InChI=1S/C12H10N4O5S/c1-22-10-6-7(2-3-8(10)15(17)18)21-9-4-5-14-12(13)11(9)16(19)20/h2-6H,1H3,(H2,13,14). The van der Waals surface area contributed by atoms with Crippen LogP contribution in [0.5, 0.6) is 11.5 Å². The number of thioether (sulfide) groups is 1. The number of nitro benzene ring substituents is 1. The lowest BCUT2D eigenvalue weighted by Crippen LogP contribution is -2.01. The Hall–Kier alpha value is -2.88. The third-order valence-corrected chi connectivity index (χ3v) is 3.44. The number of rotatable bonds is 5. The first-order valence-corrected chi connectivity index (χ1v) is 7.05. The first-order valence-electron chi connectivity index (χ1n) is 5.83. The molecule has 1 aromatic heterocycles. The molecule has 0 saturated carbocycles. The van der Waals surface area contributed by atoms with Gasteiger partial charge in [-0.15, -0.1) is 11.8 Å². The van der Waals surface area contributed by atoms with Crippen LogP contribution in [0.1, 0.15) is 0 Å². The summed E-state index contributed by atoms with van der Waals surface area (Å²) in [6.07, 6.45) is 2.96. The van der Waals surface area contributed by atoms with Gasteiger partial charge in [-0.2, -0.15) is 0 Å². The Bertz CT molecular complexity index is 752. The maximum absolute atomic E-state index is 11.0. The van der Waals surface area contributed by atoms with Gasteiger partial charge in [0.15, 0.2) is 0 Å². The van der Waals surface area contributed by atoms with Crippen LogP contribution in [-0.2, 0) is 0 Å². The number of nitrogens with zero attached hydrogens (tertiary/aromatic N) is 3. The molecular formula is C12H10N4O5S. The number of aromatic nitrogens is 1. The Labute approximate surface area is 128 Å². The fourth-order valence-corrected chi connectivity index (χ4v) is 2.30. The number of pyridine rings is 1. The second-order valence-corrected chi connectivity index (χ2v) is 4.84. The zero-order chi connectivity index (χ0) is 16.3. The van der Waals surface area contributed by atoms with E-state index >= 15 is 0 Å². The van der Waals surface area contributed by atoms with Crippen molar-refractivity contribution in [1.29, 1.82) is 0 Å². The van der Waals surface area contributed by atoms with Crippen molar-refractivity contribution in [1.82, 2.24) is 4.98 Å². The molecule has 0 spiro atoms. The minimum Gasteiger partial charge on any atom is -0.450 e. The van der Waals surface area contributed by atoms with Crippen LogP contribution in [0.15, 0.2) is 35.4 Å². The van der Waals surface area contributed by atoms with Gasteiger partial charge in [0.2, 0.25) is 11.6 Å². The minimum absolute atomic E-state index is 0.0661. The summed E-state index contributed by atoms with van der Waals surface area (Å²) in [5.74, 6) is -0.128. The van der Waals surface area contributed by atoms with Gasteiger partial charge in [0.25, 0.3) is 5.69 Å². The molecule has 0 fully saturated rings. The monoisotopic (exact) mass is 322 g/mol. The van der Waals surface area contributed by atoms with Crippen molar-refractivity contribution in [2.75, 3.05) is 12.0 Å². The predicted molar refractivity (Wildman–Crippen MR) is 80.3 cm³/mol. The molecule has 0 radical (unpaired) electrons. The average Bonchev–Trinajstić information content (AvgIpc) is 2.46. The molecule has 114 valence electrons. The van der Waals surface area contributed by atoms with E-state index < -0.39 is 15.5 Å². The molecule has 2 N–H and O–H groups in total. The van der Waals surface area contributed by atoms with Crippen LogP contribution in [0, 0.1) is 20.2 Å². The molecule has 0 aliphatic heterocycles. The molecule has 0 saturated heterocycles. The number of benzene rings is 1. The van der Waals surface area contributed by atoms with Crippen LogP contribution in [0.3, 0.4) is 0 Å². The summed E-state index contributed by atoms with van der Waals surface area (Å²) in [6, 6.07) is 5.37. The number of nitrogens with two attached hydrogens (primary N) is 1. The van der Waals surface area contributed by atoms with Crippen molar-refractivity contribution in [3.63, 3.8) is 0 Å². The highest BCUT2D eigenvalue weighted by molar-refractivity contribution is 7.98. The predicted octanol–water partition coefficient (Wildman–Crippen LogP) is 2.99. The Balaban J connectivity index is 2.42. The normalized spacial score (nSPS) is 10.2. The molecule has 0 atom stereocenters. The first-order chi connectivity index (χ1) is 10.4. The summed E-state index contributed by atoms with van der Waals surface area (Å²) >= 11 is 1.17. The molecule has 9 nitrogen and oxygen atoms in total. The van der Waals surface area contributed by atoms with E-state index in [0.29, 0.717) is 4.90 Å². The van der Waals surface area contributed by atoms with Gasteiger partial charge in [-0.05, 0) is 12.3 Å². The van der Waals surface area contributed by atoms with Crippen LogP contribution < -0.4 is 10.5 Å². The fourth-order valence-electron chi connectivity index (χ4n) is 1.72. The van der Waals surface area contributed by atoms with Gasteiger partial charge in [-0.1, -0.05) is 0 Å². The van der Waals surface area contributed by atoms with E-state index in [0.717, 1.165) is 0 Å². The van der Waals surface area contributed by atoms with E-state index in [2.05, 4.69) is 4.98 Å². The highest BCUT2D eigenvalue weighted by Crippen LogP contribution is 2.37. The minimum atomic E-state index is -0.696. The second kappa shape index (κ2) is 6.26. The van der Waals surface area contributed by atoms with Crippen LogP contribution in [-0.4, -0.2) is 21.1 Å². The fraction of sp³-hybridized carbons (Fsp3) is 0.0833. The lowest BCUT2D eigenvalue weighted by Gasteiger charge is -2.08. The van der Waals surface area contributed by atoms with Gasteiger partial charge in [0.1, 0.15) is 5.75 Å². The Morgan fingerprint density at radius 2 is 1.95 bits per heavy atom. The van der Waals surface area contributed by atoms with Crippen LogP contribution in [0.2, 0.25) is 0 Å². The first kappa shape index (κ1) is 15.5. The summed E-state index contributed by atoms with van der Waals surface area (Å²) in [5.41, 5.74) is 4.95. The van der Waals surface area contributed by atoms with Gasteiger partial charge in [-0.25, -0.2) is 4.98 Å². The molecule has 1 aromatic carbocycles. The molecule has 22 heavy (non-hydrogen) atoms. The molecular weight excluding hydrogens is 312 g/mol. The summed E-state index contributed by atoms with van der Waals surface area (Å²) in [5, 5.41) is 21.9. The number of anilines is 1. The highest BCUT2D eigenvalue weighted by Gasteiger charge is 2.22. The van der Waals surface area contributed by atoms with Gasteiger partial charge < -0.3 is 10.5 Å². The molecule has 10 heteroatoms. The number of nitro groups is 2. The Morgan fingerprint density at radius 3 is 2.55 bits per heavy atom. The third-order valence-electron chi connectivity index (χ3n) is 2.67. The molecule has 0 unspecified atom stereocenters. The Morgan fingerprint density at radius 1 is 1.23 bits per heavy atom. The summed E-state index contributed by atoms with van der Waals surface area (Å²) in [4.78, 5) is 24.7. The van der Waals surface area contributed by atoms with Crippen LogP contribution >= 0.6 is 11.8 Å². The van der Waals surface area contributed by atoms with Crippen LogP contribution in [0.4, 0.5) is 17.2 Å². The maximum atomic E-state index is 11.0. The van der Waals surface area contributed by atoms with E-state index in [9.17, 15) is 20.2 Å². The van der Waals surface area contributed by atoms with Crippen molar-refractivity contribution in [3.05, 3.63) is 50.7 Å². The molecule has 2 aromatic rings. The van der Waals surface area contributed by atoms with Crippen LogP contribution in [0.25, 0.3) is 0 Å². The van der Waals surface area contributed by atoms with Crippen molar-refractivity contribution in [2.24, 2.45) is 0 Å². The van der Waals surface area contributed by atoms with Crippen molar-refractivity contribution >= 4 is 29.0 Å². The second-order valence-electron chi connectivity index (χ2n) is 3.99. The van der Waals surface area contributed by atoms with Crippen molar-refractivity contribution in [2.45, 2.75) is 4.90 Å².